The number of hydrogen-bond donors (Lipinski definition) is 1. The molecule has 1 atom stereocenters. The van der Waals surface area contributed by atoms with Gasteiger partial charge in [0.15, 0.2) is 0 Å². The highest BCUT2D eigenvalue weighted by molar-refractivity contribution is 5.86. The lowest BCUT2D eigenvalue weighted by molar-refractivity contribution is -0.132. The number of aldehydes is 1. The van der Waals surface area contributed by atoms with E-state index in [0.29, 0.717) is 12.0 Å². The van der Waals surface area contributed by atoms with Gasteiger partial charge in [0.2, 0.25) is 5.91 Å². The van der Waals surface area contributed by atoms with Gasteiger partial charge in [-0.15, -0.1) is 0 Å². The second-order valence-electron chi connectivity index (χ2n) is 7.58. The van der Waals surface area contributed by atoms with Crippen LogP contribution >= 0.6 is 0 Å². The van der Waals surface area contributed by atoms with E-state index in [1.165, 1.54) is 12.8 Å². The number of hydrogen-bond acceptors (Lipinski definition) is 5. The number of allylic oxidation sites excluding steroid dienone is 3. The second kappa shape index (κ2) is 9.04. The van der Waals surface area contributed by atoms with Gasteiger partial charge < -0.3 is 10.2 Å². The first-order valence-electron chi connectivity index (χ1n) is 10.1. The molecule has 1 N–H and O–H groups in total. The van der Waals surface area contributed by atoms with Crippen molar-refractivity contribution in [1.29, 1.82) is 0 Å². The van der Waals surface area contributed by atoms with Crippen molar-refractivity contribution in [3.8, 4) is 0 Å². The number of carbonyl (C=O) groups is 2. The number of amides is 1. The molecule has 0 aromatic heterocycles. The van der Waals surface area contributed by atoms with Gasteiger partial charge in [0.25, 0.3) is 0 Å². The second-order valence-corrected chi connectivity index (χ2v) is 7.58. The summed E-state index contributed by atoms with van der Waals surface area (Å²) in [4.78, 5) is 27.0. The Morgan fingerprint density at radius 1 is 1.21 bits per heavy atom. The van der Waals surface area contributed by atoms with Gasteiger partial charge in [-0.1, -0.05) is 30.6 Å². The molecule has 3 aliphatic rings. The van der Waals surface area contributed by atoms with E-state index in [4.69, 9.17) is 0 Å². The van der Waals surface area contributed by atoms with Gasteiger partial charge in [-0.25, -0.2) is 0 Å². The summed E-state index contributed by atoms with van der Waals surface area (Å²) in [5.41, 5.74) is 4.20. The molecule has 1 amide bonds. The highest BCUT2D eigenvalue weighted by Crippen LogP contribution is 2.32. The number of likely N-dealkylation sites (N-methyl/N-ethyl adjacent to an activating group) is 2. The zero-order chi connectivity index (χ0) is 20.1. The molecule has 6 heteroatoms. The molecule has 1 saturated heterocycles. The Morgan fingerprint density at radius 3 is 2.57 bits per heavy atom. The first-order chi connectivity index (χ1) is 13.5. The topological polar surface area (TPSA) is 65.0 Å². The molecule has 2 heterocycles. The van der Waals surface area contributed by atoms with Gasteiger partial charge >= 0.3 is 0 Å². The third-order valence-electron chi connectivity index (χ3n) is 5.51. The first kappa shape index (κ1) is 20.1. The average Bonchev–Trinajstić information content (AvgIpc) is 3.06. The number of nitrogens with zero attached hydrogens (tertiary/aromatic N) is 3. The molecule has 0 aromatic rings. The van der Waals surface area contributed by atoms with Crippen molar-refractivity contribution in [2.24, 2.45) is 11.0 Å². The van der Waals surface area contributed by atoms with E-state index in [9.17, 15) is 9.59 Å². The lowest BCUT2D eigenvalue weighted by atomic mass is 9.97. The van der Waals surface area contributed by atoms with E-state index >= 15 is 0 Å². The molecule has 3 rings (SSSR count). The number of carbonyl (C=O) groups excluding carboxylic acids is 2. The minimum Gasteiger partial charge on any atom is -0.388 e. The molecule has 1 fully saturated rings. The van der Waals surface area contributed by atoms with Crippen LogP contribution in [-0.2, 0) is 9.59 Å². The van der Waals surface area contributed by atoms with Crippen LogP contribution in [0.15, 0.2) is 51.4 Å². The number of rotatable bonds is 4. The maximum atomic E-state index is 13.3. The summed E-state index contributed by atoms with van der Waals surface area (Å²) < 4.78 is 0. The van der Waals surface area contributed by atoms with Crippen LogP contribution in [0.4, 0.5) is 0 Å². The maximum absolute atomic E-state index is 13.3. The number of hydrazone groups is 1. The van der Waals surface area contributed by atoms with Crippen LogP contribution < -0.4 is 5.32 Å². The third-order valence-corrected chi connectivity index (χ3v) is 5.51. The fraction of sp³-hybridized carbons (Fsp3) is 0.500. The predicted octanol–water partition coefficient (Wildman–Crippen LogP) is 2.77. The van der Waals surface area contributed by atoms with Crippen LogP contribution in [0.3, 0.4) is 0 Å². The molecule has 0 aromatic carbocycles. The van der Waals surface area contributed by atoms with Gasteiger partial charge in [-0.2, -0.15) is 5.10 Å². The largest absolute Gasteiger partial charge is 0.388 e. The fourth-order valence-corrected chi connectivity index (χ4v) is 4.09. The van der Waals surface area contributed by atoms with Crippen LogP contribution in [-0.4, -0.2) is 55.5 Å². The molecular weight excluding hydrogens is 352 g/mol. The van der Waals surface area contributed by atoms with Gasteiger partial charge in [0.05, 0.1) is 11.6 Å². The highest BCUT2D eigenvalue weighted by atomic mass is 16.2. The molecule has 0 radical (unpaired) electrons. The molecule has 6 nitrogen and oxygen atoms in total. The van der Waals surface area contributed by atoms with Gasteiger partial charge in [-0.3, -0.25) is 14.6 Å². The van der Waals surface area contributed by atoms with Crippen molar-refractivity contribution in [3.63, 3.8) is 0 Å². The lowest BCUT2D eigenvalue weighted by Gasteiger charge is -2.27. The van der Waals surface area contributed by atoms with E-state index in [1.54, 1.807) is 11.2 Å². The molecule has 1 aliphatic carbocycles. The smallest absolute Gasteiger partial charge is 0.233 e. The molecular formula is C22H30N4O2. The van der Waals surface area contributed by atoms with E-state index in [0.717, 1.165) is 54.8 Å². The van der Waals surface area contributed by atoms with Crippen molar-refractivity contribution in [3.05, 3.63) is 46.3 Å². The molecule has 150 valence electrons. The zero-order valence-corrected chi connectivity index (χ0v) is 17.1. The summed E-state index contributed by atoms with van der Waals surface area (Å²) in [5.74, 6) is -0.213. The Labute approximate surface area is 167 Å². The quantitative estimate of drug-likeness (QED) is 0.760. The van der Waals surface area contributed by atoms with E-state index < -0.39 is 0 Å². The SMILES string of the molecule is CNC1=CC(C)=CC(C(=O)N2CCCCCC2)C=C1C1=C(C=O)CC=NN1C. The van der Waals surface area contributed by atoms with E-state index in [1.807, 2.05) is 44.1 Å². The molecule has 0 spiro atoms. The first-order valence-corrected chi connectivity index (χ1v) is 10.1. The number of likely N-dealkylation sites (tertiary alicyclic amines) is 1. The lowest BCUT2D eigenvalue weighted by Crippen LogP contribution is -2.36. The van der Waals surface area contributed by atoms with Crippen molar-refractivity contribution in [1.82, 2.24) is 15.2 Å². The number of nitrogens with one attached hydrogen (secondary N) is 1. The molecule has 28 heavy (non-hydrogen) atoms. The summed E-state index contributed by atoms with van der Waals surface area (Å²) in [6.07, 6.45) is 13.7. The Bertz CT molecular complexity index is 780. The Morgan fingerprint density at radius 2 is 1.93 bits per heavy atom. The monoisotopic (exact) mass is 382 g/mol. The summed E-state index contributed by atoms with van der Waals surface area (Å²) in [6, 6.07) is 0. The predicted molar refractivity (Wildman–Crippen MR) is 111 cm³/mol. The zero-order valence-electron chi connectivity index (χ0n) is 17.1. The summed E-state index contributed by atoms with van der Waals surface area (Å²) >= 11 is 0. The highest BCUT2D eigenvalue weighted by Gasteiger charge is 2.28. The molecule has 2 aliphatic heterocycles. The van der Waals surface area contributed by atoms with Crippen molar-refractivity contribution in [2.45, 2.75) is 39.0 Å². The average molecular weight is 383 g/mol. The molecule has 1 unspecified atom stereocenters. The van der Waals surface area contributed by atoms with Crippen molar-refractivity contribution in [2.75, 3.05) is 27.2 Å². The van der Waals surface area contributed by atoms with Crippen molar-refractivity contribution >= 4 is 18.4 Å². The van der Waals surface area contributed by atoms with Crippen molar-refractivity contribution < 1.29 is 9.59 Å². The normalized spacial score (nSPS) is 23.4. The summed E-state index contributed by atoms with van der Waals surface area (Å²) in [7, 11) is 3.69. The van der Waals surface area contributed by atoms with E-state index in [-0.39, 0.29) is 11.8 Å². The molecule has 0 bridgehead atoms. The van der Waals surface area contributed by atoms with Crippen LogP contribution in [0.25, 0.3) is 0 Å². The minimum absolute atomic E-state index is 0.139. The standard InChI is InChI=1S/C22H30N4O2/c1-16-12-18(22(28)26-10-6-4-5-7-11-26)14-19(20(13-16)23-2)21-17(15-27)8-9-24-25(21)3/h9,12-15,18,23H,4-8,10-11H2,1-3H3. The maximum Gasteiger partial charge on any atom is 0.233 e. The van der Waals surface area contributed by atoms with Crippen LogP contribution in [0.5, 0.6) is 0 Å². The van der Waals surface area contributed by atoms with Crippen LogP contribution in [0, 0.1) is 5.92 Å². The van der Waals surface area contributed by atoms with Gasteiger partial charge in [0, 0.05) is 56.7 Å². The Kier molecular flexibility index (Phi) is 6.49. The fourth-order valence-electron chi connectivity index (χ4n) is 4.09. The van der Waals surface area contributed by atoms with Gasteiger partial charge in [-0.05, 0) is 25.8 Å². The minimum atomic E-state index is -0.352. The van der Waals surface area contributed by atoms with Crippen LogP contribution in [0.1, 0.15) is 39.0 Å². The van der Waals surface area contributed by atoms with E-state index in [2.05, 4.69) is 10.4 Å². The summed E-state index contributed by atoms with van der Waals surface area (Å²) in [5, 5.41) is 9.31. The third kappa shape index (κ3) is 4.26. The molecule has 0 saturated carbocycles. The Balaban J connectivity index is 2.03. The Hall–Kier alpha value is -2.63. The van der Waals surface area contributed by atoms with Crippen LogP contribution in [0.2, 0.25) is 0 Å². The summed E-state index contributed by atoms with van der Waals surface area (Å²) in [6.45, 7) is 3.66. The van der Waals surface area contributed by atoms with Gasteiger partial charge in [0.1, 0.15) is 6.29 Å².